The van der Waals surface area contributed by atoms with Crippen molar-refractivity contribution < 1.29 is 18.7 Å². The number of aromatic nitrogens is 2. The second-order valence-electron chi connectivity index (χ2n) is 6.15. The SMILES string of the molecule is COC(=O)c1ccc(NC(=O)c2cc(NCc3ccccc3F)nc(C)n2)cc1. The van der Waals surface area contributed by atoms with Crippen LogP contribution in [-0.2, 0) is 11.3 Å². The Morgan fingerprint density at radius 1 is 1.07 bits per heavy atom. The molecule has 1 heterocycles. The summed E-state index contributed by atoms with van der Waals surface area (Å²) in [5.74, 6) is -0.407. The lowest BCUT2D eigenvalue weighted by atomic mass is 10.2. The zero-order chi connectivity index (χ0) is 20.8. The van der Waals surface area contributed by atoms with E-state index in [4.69, 9.17) is 0 Å². The molecule has 0 atom stereocenters. The van der Waals surface area contributed by atoms with E-state index in [9.17, 15) is 14.0 Å². The molecule has 0 saturated heterocycles. The molecule has 8 heteroatoms. The maximum Gasteiger partial charge on any atom is 0.337 e. The fraction of sp³-hybridized carbons (Fsp3) is 0.143. The fourth-order valence-corrected chi connectivity index (χ4v) is 2.60. The summed E-state index contributed by atoms with van der Waals surface area (Å²) < 4.78 is 18.4. The first kappa shape index (κ1) is 19.9. The van der Waals surface area contributed by atoms with E-state index < -0.39 is 11.9 Å². The van der Waals surface area contributed by atoms with Gasteiger partial charge >= 0.3 is 5.97 Å². The topological polar surface area (TPSA) is 93.2 Å². The summed E-state index contributed by atoms with van der Waals surface area (Å²) in [5.41, 5.74) is 1.52. The molecule has 7 nitrogen and oxygen atoms in total. The standard InChI is InChI=1S/C21H19FN4O3/c1-13-24-18(11-19(25-13)23-12-15-5-3-4-6-17(15)22)20(27)26-16-9-7-14(8-10-16)21(28)29-2/h3-11H,12H2,1-2H3,(H,26,27)(H,23,24,25). The molecule has 0 radical (unpaired) electrons. The van der Waals surface area contributed by atoms with Crippen LogP contribution in [0, 0.1) is 12.7 Å². The van der Waals surface area contributed by atoms with E-state index in [0.717, 1.165) is 0 Å². The number of carbonyl (C=O) groups excluding carboxylic acids is 2. The molecule has 29 heavy (non-hydrogen) atoms. The molecule has 0 spiro atoms. The van der Waals surface area contributed by atoms with Crippen molar-refractivity contribution in [3.63, 3.8) is 0 Å². The van der Waals surface area contributed by atoms with E-state index in [1.54, 1.807) is 49.4 Å². The van der Waals surface area contributed by atoms with Gasteiger partial charge in [-0.05, 0) is 37.3 Å². The van der Waals surface area contributed by atoms with Gasteiger partial charge in [-0.15, -0.1) is 0 Å². The van der Waals surface area contributed by atoms with E-state index in [-0.39, 0.29) is 18.1 Å². The largest absolute Gasteiger partial charge is 0.465 e. The van der Waals surface area contributed by atoms with E-state index in [0.29, 0.717) is 28.5 Å². The molecule has 3 aromatic rings. The van der Waals surface area contributed by atoms with Crippen LogP contribution in [0.2, 0.25) is 0 Å². The maximum absolute atomic E-state index is 13.8. The Morgan fingerprint density at radius 3 is 2.48 bits per heavy atom. The molecule has 0 unspecified atom stereocenters. The smallest absolute Gasteiger partial charge is 0.337 e. The lowest BCUT2D eigenvalue weighted by Gasteiger charge is -2.10. The molecule has 0 aliphatic heterocycles. The van der Waals surface area contributed by atoms with Crippen molar-refractivity contribution in [2.45, 2.75) is 13.5 Å². The normalized spacial score (nSPS) is 10.3. The summed E-state index contributed by atoms with van der Waals surface area (Å²) in [5, 5.41) is 5.72. The number of ether oxygens (including phenoxy) is 1. The molecule has 2 aromatic carbocycles. The van der Waals surface area contributed by atoms with Crippen molar-refractivity contribution in [1.82, 2.24) is 9.97 Å². The van der Waals surface area contributed by atoms with Gasteiger partial charge < -0.3 is 15.4 Å². The first-order valence-corrected chi connectivity index (χ1v) is 8.79. The molecular weight excluding hydrogens is 375 g/mol. The molecule has 3 rings (SSSR count). The van der Waals surface area contributed by atoms with Gasteiger partial charge in [0, 0.05) is 23.9 Å². The van der Waals surface area contributed by atoms with E-state index in [1.165, 1.54) is 19.2 Å². The minimum atomic E-state index is -0.458. The van der Waals surface area contributed by atoms with Crippen LogP contribution in [0.1, 0.15) is 32.2 Å². The summed E-state index contributed by atoms with van der Waals surface area (Å²) in [6.07, 6.45) is 0. The number of esters is 1. The van der Waals surface area contributed by atoms with E-state index in [2.05, 4.69) is 25.3 Å². The molecule has 148 valence electrons. The average molecular weight is 394 g/mol. The minimum Gasteiger partial charge on any atom is -0.465 e. The van der Waals surface area contributed by atoms with Gasteiger partial charge in [0.05, 0.1) is 12.7 Å². The predicted molar refractivity (Wildman–Crippen MR) is 106 cm³/mol. The Labute approximate surface area is 167 Å². The third-order valence-corrected chi connectivity index (χ3v) is 4.05. The van der Waals surface area contributed by atoms with Crippen LogP contribution in [0.4, 0.5) is 15.9 Å². The van der Waals surface area contributed by atoms with Crippen molar-refractivity contribution in [3.05, 3.63) is 83.1 Å². The number of hydrogen-bond acceptors (Lipinski definition) is 6. The van der Waals surface area contributed by atoms with Crippen molar-refractivity contribution in [2.24, 2.45) is 0 Å². The molecule has 0 saturated carbocycles. The van der Waals surface area contributed by atoms with Gasteiger partial charge in [-0.2, -0.15) is 0 Å². The third kappa shape index (κ3) is 5.13. The Balaban J connectivity index is 1.70. The number of nitrogens with one attached hydrogen (secondary N) is 2. The molecule has 0 bridgehead atoms. The predicted octanol–water partition coefficient (Wildman–Crippen LogP) is 3.58. The summed E-state index contributed by atoms with van der Waals surface area (Å²) in [6, 6.07) is 14.2. The second-order valence-corrected chi connectivity index (χ2v) is 6.15. The minimum absolute atomic E-state index is 0.158. The first-order chi connectivity index (χ1) is 14.0. The van der Waals surface area contributed by atoms with Crippen LogP contribution in [0.15, 0.2) is 54.6 Å². The molecule has 2 N–H and O–H groups in total. The highest BCUT2D eigenvalue weighted by Gasteiger charge is 2.12. The Bertz CT molecular complexity index is 1040. The molecule has 1 amide bonds. The van der Waals surface area contributed by atoms with Gasteiger partial charge in [0.1, 0.15) is 23.2 Å². The van der Waals surface area contributed by atoms with Gasteiger partial charge in [-0.3, -0.25) is 4.79 Å². The number of methoxy groups -OCH3 is 1. The lowest BCUT2D eigenvalue weighted by Crippen LogP contribution is -2.16. The van der Waals surface area contributed by atoms with Crippen LogP contribution in [0.5, 0.6) is 0 Å². The van der Waals surface area contributed by atoms with Crippen LogP contribution in [0.25, 0.3) is 0 Å². The van der Waals surface area contributed by atoms with Crippen molar-refractivity contribution in [3.8, 4) is 0 Å². The number of halogens is 1. The summed E-state index contributed by atoms with van der Waals surface area (Å²) in [6.45, 7) is 1.88. The Morgan fingerprint density at radius 2 is 1.79 bits per heavy atom. The van der Waals surface area contributed by atoms with Crippen molar-refractivity contribution in [2.75, 3.05) is 17.7 Å². The molecule has 0 aliphatic rings. The van der Waals surface area contributed by atoms with Gasteiger partial charge in [0.2, 0.25) is 0 Å². The number of hydrogen-bond donors (Lipinski definition) is 2. The van der Waals surface area contributed by atoms with Gasteiger partial charge in [-0.1, -0.05) is 18.2 Å². The summed E-state index contributed by atoms with van der Waals surface area (Å²) in [7, 11) is 1.30. The number of anilines is 2. The van der Waals surface area contributed by atoms with Gasteiger partial charge in [-0.25, -0.2) is 19.2 Å². The quantitative estimate of drug-likeness (QED) is 0.621. The van der Waals surface area contributed by atoms with E-state index in [1.807, 2.05) is 0 Å². The highest BCUT2D eigenvalue weighted by atomic mass is 19.1. The van der Waals surface area contributed by atoms with Crippen LogP contribution in [-0.4, -0.2) is 29.0 Å². The van der Waals surface area contributed by atoms with E-state index >= 15 is 0 Å². The number of benzene rings is 2. The maximum atomic E-state index is 13.8. The molecule has 1 aromatic heterocycles. The zero-order valence-corrected chi connectivity index (χ0v) is 15.9. The monoisotopic (exact) mass is 394 g/mol. The fourth-order valence-electron chi connectivity index (χ4n) is 2.60. The highest BCUT2D eigenvalue weighted by molar-refractivity contribution is 6.03. The number of carbonyl (C=O) groups is 2. The third-order valence-electron chi connectivity index (χ3n) is 4.05. The number of amides is 1. The van der Waals surface area contributed by atoms with Crippen molar-refractivity contribution in [1.29, 1.82) is 0 Å². The number of nitrogens with zero attached hydrogens (tertiary/aromatic N) is 2. The zero-order valence-electron chi connectivity index (χ0n) is 15.9. The number of aryl methyl sites for hydroxylation is 1. The van der Waals surface area contributed by atoms with Crippen LogP contribution in [0.3, 0.4) is 0 Å². The summed E-state index contributed by atoms with van der Waals surface area (Å²) >= 11 is 0. The molecular formula is C21H19FN4O3. The molecule has 0 fully saturated rings. The first-order valence-electron chi connectivity index (χ1n) is 8.79. The van der Waals surface area contributed by atoms with Crippen LogP contribution >= 0.6 is 0 Å². The number of rotatable bonds is 6. The highest BCUT2D eigenvalue weighted by Crippen LogP contribution is 2.14. The second kappa shape index (κ2) is 8.92. The Hall–Kier alpha value is -3.81. The average Bonchev–Trinajstić information content (AvgIpc) is 2.72. The van der Waals surface area contributed by atoms with Gasteiger partial charge in [0.15, 0.2) is 0 Å². The lowest BCUT2D eigenvalue weighted by molar-refractivity contribution is 0.0600. The van der Waals surface area contributed by atoms with Gasteiger partial charge in [0.25, 0.3) is 5.91 Å². The van der Waals surface area contributed by atoms with Crippen molar-refractivity contribution >= 4 is 23.4 Å². The molecule has 0 aliphatic carbocycles. The summed E-state index contributed by atoms with van der Waals surface area (Å²) in [4.78, 5) is 32.4. The van der Waals surface area contributed by atoms with Crippen LogP contribution < -0.4 is 10.6 Å². The Kier molecular flexibility index (Phi) is 6.13.